The zero-order valence-electron chi connectivity index (χ0n) is 19.3. The summed E-state index contributed by atoms with van der Waals surface area (Å²) in [5.41, 5.74) is 0.241. The van der Waals surface area contributed by atoms with E-state index in [2.05, 4.69) is 42.4 Å². The number of aromatic hydroxyl groups is 1. The molecule has 12 heteroatoms. The molecule has 2 aliphatic rings. The van der Waals surface area contributed by atoms with Gasteiger partial charge in [0.05, 0.1) is 26.8 Å². The number of likely N-dealkylation sites (tertiary alicyclic amines) is 1. The Morgan fingerprint density at radius 2 is 2.00 bits per heavy atom. The molecule has 1 unspecified atom stereocenters. The SMILES string of the molecule is CCC1CN(c2ncc(NS(C)(=O)=O)cc2O)CCN1C1CCN(C(=O)c2ccc(Br)s2)CC1. The zero-order chi connectivity index (χ0) is 24.5. The number of aromatic nitrogens is 1. The van der Waals surface area contributed by atoms with Crippen LogP contribution in [-0.4, -0.2) is 85.3 Å². The van der Waals surface area contributed by atoms with Crippen molar-refractivity contribution in [2.75, 3.05) is 48.6 Å². The molecule has 0 spiro atoms. The smallest absolute Gasteiger partial charge is 0.263 e. The number of pyridine rings is 1. The van der Waals surface area contributed by atoms with Crippen molar-refractivity contribution in [1.82, 2.24) is 14.8 Å². The van der Waals surface area contributed by atoms with Crippen molar-refractivity contribution in [3.8, 4) is 5.75 Å². The molecule has 0 radical (unpaired) electrons. The molecule has 0 aromatic carbocycles. The van der Waals surface area contributed by atoms with Crippen LogP contribution in [0.4, 0.5) is 11.5 Å². The molecule has 9 nitrogen and oxygen atoms in total. The first kappa shape index (κ1) is 25.2. The highest BCUT2D eigenvalue weighted by atomic mass is 79.9. The van der Waals surface area contributed by atoms with Gasteiger partial charge < -0.3 is 14.9 Å². The number of hydrogen-bond acceptors (Lipinski definition) is 8. The second kappa shape index (κ2) is 10.4. The molecule has 4 heterocycles. The van der Waals surface area contributed by atoms with Crippen molar-refractivity contribution in [2.24, 2.45) is 0 Å². The van der Waals surface area contributed by atoms with Gasteiger partial charge in [-0.1, -0.05) is 6.92 Å². The first-order valence-corrected chi connectivity index (χ1v) is 14.9. The van der Waals surface area contributed by atoms with E-state index in [-0.39, 0.29) is 17.3 Å². The van der Waals surface area contributed by atoms with E-state index >= 15 is 0 Å². The van der Waals surface area contributed by atoms with Crippen molar-refractivity contribution < 1.29 is 18.3 Å². The van der Waals surface area contributed by atoms with E-state index in [4.69, 9.17) is 0 Å². The van der Waals surface area contributed by atoms with Gasteiger partial charge in [-0.2, -0.15) is 0 Å². The number of piperazine rings is 1. The standard InChI is InChI=1S/C22H30BrN5O4S2/c1-3-16-14-27(21-18(29)12-15(13-24-21)25-34(2,31)32)10-11-28(16)17-6-8-26(9-7-17)22(30)19-4-5-20(23)33-19/h4-5,12-13,16-17,25,29H,3,6-11,14H2,1-2H3. The van der Waals surface area contributed by atoms with Crippen LogP contribution < -0.4 is 9.62 Å². The lowest BCUT2D eigenvalue weighted by Gasteiger charge is -2.47. The van der Waals surface area contributed by atoms with Crippen LogP contribution in [0.25, 0.3) is 0 Å². The lowest BCUT2D eigenvalue weighted by Crippen LogP contribution is -2.58. The summed E-state index contributed by atoms with van der Waals surface area (Å²) in [5, 5.41) is 10.5. The summed E-state index contributed by atoms with van der Waals surface area (Å²) in [6.07, 6.45) is 5.36. The fourth-order valence-electron chi connectivity index (χ4n) is 4.85. The Kier molecular flexibility index (Phi) is 7.70. The fraction of sp³-hybridized carbons (Fsp3) is 0.545. The average Bonchev–Trinajstić information content (AvgIpc) is 3.23. The van der Waals surface area contributed by atoms with Gasteiger partial charge in [0.25, 0.3) is 5.91 Å². The first-order valence-electron chi connectivity index (χ1n) is 11.4. The van der Waals surface area contributed by atoms with Crippen LogP contribution >= 0.6 is 27.3 Å². The van der Waals surface area contributed by atoms with E-state index in [1.807, 2.05) is 17.0 Å². The molecule has 34 heavy (non-hydrogen) atoms. The summed E-state index contributed by atoms with van der Waals surface area (Å²) < 4.78 is 26.2. The van der Waals surface area contributed by atoms with Crippen LogP contribution in [0.2, 0.25) is 0 Å². The van der Waals surface area contributed by atoms with Crippen LogP contribution in [-0.2, 0) is 10.0 Å². The molecule has 1 atom stereocenters. The monoisotopic (exact) mass is 571 g/mol. The van der Waals surface area contributed by atoms with Crippen LogP contribution in [0.1, 0.15) is 35.9 Å². The van der Waals surface area contributed by atoms with Crippen molar-refractivity contribution in [1.29, 1.82) is 0 Å². The number of carbonyl (C=O) groups is 1. The minimum atomic E-state index is -3.44. The number of sulfonamides is 1. The van der Waals surface area contributed by atoms with Crippen LogP contribution in [0.5, 0.6) is 5.75 Å². The number of amides is 1. The topological polar surface area (TPSA) is 106 Å². The third-order valence-electron chi connectivity index (χ3n) is 6.45. The molecule has 2 aromatic heterocycles. The molecular formula is C22H30BrN5O4S2. The third-order valence-corrected chi connectivity index (χ3v) is 8.67. The summed E-state index contributed by atoms with van der Waals surface area (Å²) >= 11 is 4.91. The third kappa shape index (κ3) is 5.84. The molecule has 4 rings (SSSR count). The Hall–Kier alpha value is -1.89. The van der Waals surface area contributed by atoms with Crippen LogP contribution in [0, 0.1) is 0 Å². The van der Waals surface area contributed by atoms with Gasteiger partial charge in [0.1, 0.15) is 0 Å². The number of thiophene rings is 1. The maximum atomic E-state index is 12.8. The summed E-state index contributed by atoms with van der Waals surface area (Å²) in [6.45, 7) is 5.98. The van der Waals surface area contributed by atoms with Gasteiger partial charge in [-0.3, -0.25) is 14.4 Å². The lowest BCUT2D eigenvalue weighted by molar-refractivity contribution is 0.0494. The minimum Gasteiger partial charge on any atom is -0.504 e. The summed E-state index contributed by atoms with van der Waals surface area (Å²) in [5.74, 6) is 0.546. The highest BCUT2D eigenvalue weighted by Crippen LogP contribution is 2.32. The summed E-state index contributed by atoms with van der Waals surface area (Å²) in [6, 6.07) is 5.93. The van der Waals surface area contributed by atoms with Gasteiger partial charge in [0, 0.05) is 50.9 Å². The number of nitrogens with one attached hydrogen (secondary N) is 1. The Morgan fingerprint density at radius 1 is 1.26 bits per heavy atom. The second-order valence-electron chi connectivity index (χ2n) is 8.81. The molecule has 2 saturated heterocycles. The summed E-state index contributed by atoms with van der Waals surface area (Å²) in [7, 11) is -3.44. The number of carbonyl (C=O) groups excluding carboxylic acids is 1. The zero-order valence-corrected chi connectivity index (χ0v) is 22.5. The van der Waals surface area contributed by atoms with Crippen molar-refractivity contribution in [2.45, 2.75) is 38.3 Å². The van der Waals surface area contributed by atoms with Gasteiger partial charge in [-0.25, -0.2) is 13.4 Å². The molecular weight excluding hydrogens is 542 g/mol. The van der Waals surface area contributed by atoms with Crippen molar-refractivity contribution >= 4 is 54.7 Å². The van der Waals surface area contributed by atoms with E-state index in [1.165, 1.54) is 23.6 Å². The van der Waals surface area contributed by atoms with E-state index in [0.717, 1.165) is 66.9 Å². The molecule has 0 bridgehead atoms. The predicted octanol–water partition coefficient (Wildman–Crippen LogP) is 3.19. The average molecular weight is 573 g/mol. The second-order valence-corrected chi connectivity index (χ2v) is 13.0. The molecule has 0 saturated carbocycles. The van der Waals surface area contributed by atoms with Gasteiger partial charge in [-0.15, -0.1) is 11.3 Å². The molecule has 2 aliphatic heterocycles. The first-order chi connectivity index (χ1) is 16.1. The molecule has 186 valence electrons. The Balaban J connectivity index is 1.36. The number of hydrogen-bond donors (Lipinski definition) is 2. The Morgan fingerprint density at radius 3 is 2.59 bits per heavy atom. The predicted molar refractivity (Wildman–Crippen MR) is 138 cm³/mol. The Labute approximate surface area is 212 Å². The largest absolute Gasteiger partial charge is 0.504 e. The van der Waals surface area contributed by atoms with Crippen LogP contribution in [0.3, 0.4) is 0 Å². The number of nitrogens with zero attached hydrogens (tertiary/aromatic N) is 4. The maximum Gasteiger partial charge on any atom is 0.263 e. The van der Waals surface area contributed by atoms with Gasteiger partial charge in [0.2, 0.25) is 10.0 Å². The molecule has 2 fully saturated rings. The normalized spacial score (nSPS) is 20.5. The highest BCUT2D eigenvalue weighted by Gasteiger charge is 2.35. The highest BCUT2D eigenvalue weighted by molar-refractivity contribution is 9.11. The quantitative estimate of drug-likeness (QED) is 0.548. The lowest BCUT2D eigenvalue weighted by atomic mass is 9.98. The number of anilines is 2. The summed E-state index contributed by atoms with van der Waals surface area (Å²) in [4.78, 5) is 24.5. The van der Waals surface area contributed by atoms with Gasteiger partial charge >= 0.3 is 0 Å². The number of piperidine rings is 1. The Bertz CT molecular complexity index is 1130. The minimum absolute atomic E-state index is 0.0380. The van der Waals surface area contributed by atoms with Gasteiger partial charge in [0.15, 0.2) is 11.6 Å². The van der Waals surface area contributed by atoms with E-state index in [1.54, 1.807) is 0 Å². The fourth-order valence-corrected chi connectivity index (χ4v) is 6.74. The van der Waals surface area contributed by atoms with Crippen molar-refractivity contribution in [3.05, 3.63) is 33.1 Å². The molecule has 1 amide bonds. The van der Waals surface area contributed by atoms with E-state index in [0.29, 0.717) is 17.9 Å². The number of rotatable bonds is 6. The molecule has 2 aromatic rings. The van der Waals surface area contributed by atoms with Crippen LogP contribution in [0.15, 0.2) is 28.2 Å². The number of halogens is 1. The molecule has 0 aliphatic carbocycles. The van der Waals surface area contributed by atoms with E-state index < -0.39 is 10.0 Å². The maximum absolute atomic E-state index is 12.8. The van der Waals surface area contributed by atoms with E-state index in [9.17, 15) is 18.3 Å². The van der Waals surface area contributed by atoms with Gasteiger partial charge in [-0.05, 0) is 47.3 Å². The molecule has 2 N–H and O–H groups in total. The van der Waals surface area contributed by atoms with Crippen molar-refractivity contribution in [3.63, 3.8) is 0 Å².